The molecule has 3 aromatic rings. The first-order chi connectivity index (χ1) is 13.6. The van der Waals surface area contributed by atoms with Gasteiger partial charge in [-0.2, -0.15) is 10.5 Å². The van der Waals surface area contributed by atoms with E-state index in [-0.39, 0.29) is 11.5 Å². The maximum atomic E-state index is 13.1. The van der Waals surface area contributed by atoms with Crippen molar-refractivity contribution < 1.29 is 0 Å². The number of thioether (sulfide) groups is 1. The number of rotatable bonds is 7. The molecular weight excluding hydrogens is 368 g/mol. The third-order valence-corrected chi connectivity index (χ3v) is 5.63. The molecule has 0 aliphatic rings. The quantitative estimate of drug-likeness (QED) is 0.445. The van der Waals surface area contributed by atoms with Gasteiger partial charge in [0.05, 0.1) is 35.5 Å². The van der Waals surface area contributed by atoms with Gasteiger partial charge < -0.3 is 0 Å². The Morgan fingerprint density at radius 2 is 1.89 bits per heavy atom. The second-order valence-electron chi connectivity index (χ2n) is 6.62. The molecule has 28 heavy (non-hydrogen) atoms. The SMILES string of the molecule is Cc1ccc(Cn2c(SC[C@H](C#N)CCC#N)nc3ccccc3c2=O)cc1. The Kier molecular flexibility index (Phi) is 6.47. The molecule has 5 nitrogen and oxygen atoms in total. The van der Waals surface area contributed by atoms with E-state index in [9.17, 15) is 10.1 Å². The topological polar surface area (TPSA) is 82.5 Å². The zero-order chi connectivity index (χ0) is 19.9. The lowest BCUT2D eigenvalue weighted by Crippen LogP contribution is -2.24. The number of nitriles is 2. The largest absolute Gasteiger partial charge is 0.283 e. The van der Waals surface area contributed by atoms with Crippen LogP contribution in [0.5, 0.6) is 0 Å². The van der Waals surface area contributed by atoms with Crippen molar-refractivity contribution in [1.29, 1.82) is 10.5 Å². The minimum atomic E-state index is -0.249. The van der Waals surface area contributed by atoms with E-state index in [4.69, 9.17) is 5.26 Å². The monoisotopic (exact) mass is 388 g/mol. The Morgan fingerprint density at radius 1 is 1.14 bits per heavy atom. The van der Waals surface area contributed by atoms with E-state index in [2.05, 4.69) is 17.1 Å². The number of aryl methyl sites for hydroxylation is 1. The fourth-order valence-electron chi connectivity index (χ4n) is 2.87. The highest BCUT2D eigenvalue weighted by Crippen LogP contribution is 2.23. The molecule has 140 valence electrons. The molecule has 0 unspecified atom stereocenters. The van der Waals surface area contributed by atoms with E-state index in [0.717, 1.165) is 11.1 Å². The standard InChI is InChI=1S/C22H20N4OS/c1-16-8-10-17(11-9-16)14-26-21(27)19-6-2-3-7-20(19)25-22(26)28-15-18(13-24)5-4-12-23/h2-3,6-11,18H,4-5,14-15H2,1H3/t18-/m0/s1. The first kappa shape index (κ1) is 19.7. The molecule has 6 heteroatoms. The van der Waals surface area contributed by atoms with Crippen LogP contribution in [0.15, 0.2) is 58.5 Å². The van der Waals surface area contributed by atoms with Crippen molar-refractivity contribution in [2.75, 3.05) is 5.75 Å². The summed E-state index contributed by atoms with van der Waals surface area (Å²) in [4.78, 5) is 17.8. The summed E-state index contributed by atoms with van der Waals surface area (Å²) in [6, 6.07) is 19.7. The van der Waals surface area contributed by atoms with Gasteiger partial charge in [0.2, 0.25) is 0 Å². The fraction of sp³-hybridized carbons (Fsp3) is 0.273. The van der Waals surface area contributed by atoms with Crippen LogP contribution in [0.3, 0.4) is 0 Å². The molecular formula is C22H20N4OS. The van der Waals surface area contributed by atoms with E-state index in [1.165, 1.54) is 11.8 Å². The molecule has 0 N–H and O–H groups in total. The normalized spacial score (nSPS) is 11.7. The second kappa shape index (κ2) is 9.21. The van der Waals surface area contributed by atoms with Crippen molar-refractivity contribution >= 4 is 22.7 Å². The van der Waals surface area contributed by atoms with E-state index >= 15 is 0 Å². The molecule has 0 saturated carbocycles. The fourth-order valence-corrected chi connectivity index (χ4v) is 3.93. The lowest BCUT2D eigenvalue weighted by Gasteiger charge is -2.14. The highest BCUT2D eigenvalue weighted by atomic mass is 32.2. The van der Waals surface area contributed by atoms with E-state index in [0.29, 0.717) is 41.2 Å². The predicted octanol–water partition coefficient (Wildman–Crippen LogP) is 4.29. The Morgan fingerprint density at radius 3 is 2.61 bits per heavy atom. The molecule has 0 bridgehead atoms. The van der Waals surface area contributed by atoms with Gasteiger partial charge in [-0.1, -0.05) is 53.7 Å². The molecule has 2 aromatic carbocycles. The second-order valence-corrected chi connectivity index (χ2v) is 7.61. The smallest absolute Gasteiger partial charge is 0.262 e. The van der Waals surface area contributed by atoms with Crippen LogP contribution in [-0.2, 0) is 6.54 Å². The first-order valence-electron chi connectivity index (χ1n) is 9.07. The van der Waals surface area contributed by atoms with E-state index < -0.39 is 0 Å². The van der Waals surface area contributed by atoms with Crippen molar-refractivity contribution in [2.24, 2.45) is 5.92 Å². The minimum Gasteiger partial charge on any atom is -0.283 e. The van der Waals surface area contributed by atoms with Gasteiger partial charge in [0, 0.05) is 12.2 Å². The summed E-state index contributed by atoms with van der Waals surface area (Å²) in [6.45, 7) is 2.45. The summed E-state index contributed by atoms with van der Waals surface area (Å²) in [5.74, 6) is 0.248. The number of hydrogen-bond donors (Lipinski definition) is 0. The Bertz CT molecular complexity index is 1110. The summed E-state index contributed by atoms with van der Waals surface area (Å²) in [5.41, 5.74) is 2.75. The molecule has 0 fully saturated rings. The lowest BCUT2D eigenvalue weighted by atomic mass is 10.1. The summed E-state index contributed by atoms with van der Waals surface area (Å²) in [5, 5.41) is 19.3. The average molecular weight is 388 g/mol. The summed E-state index contributed by atoms with van der Waals surface area (Å²) in [6.07, 6.45) is 0.871. The molecule has 1 aromatic heterocycles. The van der Waals surface area contributed by atoms with Crippen molar-refractivity contribution in [3.8, 4) is 12.1 Å². The number of benzene rings is 2. The minimum absolute atomic E-state index is 0.0841. The van der Waals surface area contributed by atoms with Gasteiger partial charge in [-0.15, -0.1) is 0 Å². The molecule has 0 spiro atoms. The van der Waals surface area contributed by atoms with Gasteiger partial charge >= 0.3 is 0 Å². The third-order valence-electron chi connectivity index (χ3n) is 4.49. The zero-order valence-electron chi connectivity index (χ0n) is 15.6. The summed E-state index contributed by atoms with van der Waals surface area (Å²) in [7, 11) is 0. The third kappa shape index (κ3) is 4.60. The Balaban J connectivity index is 1.97. The molecule has 1 heterocycles. The summed E-state index contributed by atoms with van der Waals surface area (Å²) >= 11 is 1.40. The maximum absolute atomic E-state index is 13.1. The van der Waals surface area contributed by atoms with Crippen LogP contribution < -0.4 is 5.56 Å². The predicted molar refractivity (Wildman–Crippen MR) is 111 cm³/mol. The number of fused-ring (bicyclic) bond motifs is 1. The molecule has 1 atom stereocenters. The number of nitrogens with zero attached hydrogens (tertiary/aromatic N) is 4. The van der Waals surface area contributed by atoms with E-state index in [1.807, 2.05) is 49.4 Å². The molecule has 0 radical (unpaired) electrons. The number of hydrogen-bond acceptors (Lipinski definition) is 5. The van der Waals surface area contributed by atoms with Gasteiger partial charge in [-0.3, -0.25) is 9.36 Å². The maximum Gasteiger partial charge on any atom is 0.262 e. The van der Waals surface area contributed by atoms with Crippen LogP contribution in [0, 0.1) is 35.5 Å². The van der Waals surface area contributed by atoms with Crippen LogP contribution in [0.2, 0.25) is 0 Å². The molecule has 0 saturated heterocycles. The first-order valence-corrected chi connectivity index (χ1v) is 10.1. The summed E-state index contributed by atoms with van der Waals surface area (Å²) < 4.78 is 1.68. The number of aromatic nitrogens is 2. The van der Waals surface area contributed by atoms with Crippen molar-refractivity contribution in [1.82, 2.24) is 9.55 Å². The Hall–Kier alpha value is -3.09. The van der Waals surface area contributed by atoms with Gasteiger partial charge in [0.1, 0.15) is 0 Å². The van der Waals surface area contributed by atoms with Crippen molar-refractivity contribution in [2.45, 2.75) is 31.5 Å². The lowest BCUT2D eigenvalue weighted by molar-refractivity contribution is 0.650. The van der Waals surface area contributed by atoms with Gasteiger partial charge in [-0.25, -0.2) is 4.98 Å². The highest BCUT2D eigenvalue weighted by Gasteiger charge is 2.15. The van der Waals surface area contributed by atoms with Gasteiger partial charge in [-0.05, 0) is 31.0 Å². The van der Waals surface area contributed by atoms with Gasteiger partial charge in [0.25, 0.3) is 5.56 Å². The van der Waals surface area contributed by atoms with Crippen LogP contribution >= 0.6 is 11.8 Å². The van der Waals surface area contributed by atoms with Gasteiger partial charge in [0.15, 0.2) is 5.16 Å². The highest BCUT2D eigenvalue weighted by molar-refractivity contribution is 7.99. The molecule has 0 aliphatic carbocycles. The van der Waals surface area contributed by atoms with Crippen LogP contribution in [-0.4, -0.2) is 15.3 Å². The van der Waals surface area contributed by atoms with Crippen LogP contribution in [0.4, 0.5) is 0 Å². The van der Waals surface area contributed by atoms with Crippen molar-refractivity contribution in [3.05, 3.63) is 70.0 Å². The molecule has 0 aliphatic heterocycles. The number of para-hydroxylation sites is 1. The van der Waals surface area contributed by atoms with Crippen LogP contribution in [0.1, 0.15) is 24.0 Å². The zero-order valence-corrected chi connectivity index (χ0v) is 16.4. The Labute approximate surface area is 168 Å². The van der Waals surface area contributed by atoms with Crippen molar-refractivity contribution in [3.63, 3.8) is 0 Å². The average Bonchev–Trinajstić information content (AvgIpc) is 2.72. The molecule has 3 rings (SSSR count). The van der Waals surface area contributed by atoms with Crippen LogP contribution in [0.25, 0.3) is 10.9 Å². The van der Waals surface area contributed by atoms with E-state index in [1.54, 1.807) is 10.6 Å². The molecule has 0 amide bonds.